The summed E-state index contributed by atoms with van der Waals surface area (Å²) in [6, 6.07) is 13.8. The molecule has 0 bridgehead atoms. The quantitative estimate of drug-likeness (QED) is 0.888. The molecular weight excluding hydrogens is 341 g/mol. The summed E-state index contributed by atoms with van der Waals surface area (Å²) in [6.07, 6.45) is 0. The van der Waals surface area contributed by atoms with Gasteiger partial charge in [-0.2, -0.15) is 0 Å². The monoisotopic (exact) mass is 361 g/mol. The van der Waals surface area contributed by atoms with E-state index in [-0.39, 0.29) is 11.7 Å². The molecule has 1 heterocycles. The van der Waals surface area contributed by atoms with Gasteiger partial charge in [-0.3, -0.25) is 14.6 Å². The number of hydrogen-bond acceptors (Lipinski definition) is 3. The number of nitrogens with one attached hydrogen (secondary N) is 1. The summed E-state index contributed by atoms with van der Waals surface area (Å²) >= 11 is 5.84. The van der Waals surface area contributed by atoms with Gasteiger partial charge in [0.1, 0.15) is 5.82 Å². The molecule has 2 aromatic rings. The molecule has 132 valence electrons. The van der Waals surface area contributed by atoms with E-state index in [0.717, 1.165) is 44.0 Å². The van der Waals surface area contributed by atoms with Crippen LogP contribution in [0.1, 0.15) is 5.56 Å². The normalized spacial score (nSPS) is 15.9. The summed E-state index contributed by atoms with van der Waals surface area (Å²) in [5.41, 5.74) is 1.73. The second-order valence-electron chi connectivity index (χ2n) is 6.24. The third kappa shape index (κ3) is 5.53. The van der Waals surface area contributed by atoms with Crippen LogP contribution in [-0.4, -0.2) is 48.4 Å². The van der Waals surface area contributed by atoms with Crippen molar-refractivity contribution in [1.82, 2.24) is 9.80 Å². The van der Waals surface area contributed by atoms with Crippen LogP contribution in [0.4, 0.5) is 10.1 Å². The van der Waals surface area contributed by atoms with Gasteiger partial charge in [-0.1, -0.05) is 23.7 Å². The van der Waals surface area contributed by atoms with Crippen LogP contribution in [0.2, 0.25) is 5.02 Å². The van der Waals surface area contributed by atoms with Crippen molar-refractivity contribution in [2.75, 3.05) is 38.0 Å². The lowest BCUT2D eigenvalue weighted by Gasteiger charge is -2.34. The lowest BCUT2D eigenvalue weighted by molar-refractivity contribution is -0.117. The highest BCUT2D eigenvalue weighted by Gasteiger charge is 2.19. The van der Waals surface area contributed by atoms with Crippen LogP contribution in [0.25, 0.3) is 0 Å². The van der Waals surface area contributed by atoms with Gasteiger partial charge in [0.2, 0.25) is 5.91 Å². The summed E-state index contributed by atoms with van der Waals surface area (Å²) in [7, 11) is 0. The zero-order valence-electron chi connectivity index (χ0n) is 13.9. The molecule has 1 fully saturated rings. The first-order chi connectivity index (χ1) is 12.1. The Morgan fingerprint density at radius 3 is 2.40 bits per heavy atom. The first kappa shape index (κ1) is 17.9. The van der Waals surface area contributed by atoms with Crippen LogP contribution in [-0.2, 0) is 11.3 Å². The molecule has 0 spiro atoms. The molecule has 25 heavy (non-hydrogen) atoms. The van der Waals surface area contributed by atoms with E-state index in [1.165, 1.54) is 6.07 Å². The smallest absolute Gasteiger partial charge is 0.238 e. The Morgan fingerprint density at radius 2 is 1.72 bits per heavy atom. The van der Waals surface area contributed by atoms with Gasteiger partial charge in [0.25, 0.3) is 0 Å². The summed E-state index contributed by atoms with van der Waals surface area (Å²) in [5, 5.41) is 3.52. The maximum absolute atomic E-state index is 13.2. The van der Waals surface area contributed by atoms with Gasteiger partial charge < -0.3 is 5.32 Å². The number of amides is 1. The first-order valence-corrected chi connectivity index (χ1v) is 8.71. The van der Waals surface area contributed by atoms with E-state index in [9.17, 15) is 9.18 Å². The van der Waals surface area contributed by atoms with Crippen molar-refractivity contribution in [1.29, 1.82) is 0 Å². The van der Waals surface area contributed by atoms with E-state index in [4.69, 9.17) is 11.6 Å². The van der Waals surface area contributed by atoms with Crippen LogP contribution in [0.15, 0.2) is 48.5 Å². The molecule has 0 unspecified atom stereocenters. The van der Waals surface area contributed by atoms with Gasteiger partial charge in [-0.05, 0) is 42.0 Å². The van der Waals surface area contributed by atoms with E-state index < -0.39 is 0 Å². The molecule has 1 N–H and O–H groups in total. The Labute approximate surface area is 152 Å². The summed E-state index contributed by atoms with van der Waals surface area (Å²) < 4.78 is 13.2. The van der Waals surface area contributed by atoms with Crippen LogP contribution in [0.5, 0.6) is 0 Å². The van der Waals surface area contributed by atoms with Crippen LogP contribution >= 0.6 is 11.6 Å². The molecule has 0 radical (unpaired) electrons. The van der Waals surface area contributed by atoms with Gasteiger partial charge in [0, 0.05) is 43.4 Å². The number of carbonyl (C=O) groups excluding carboxylic acids is 1. The van der Waals surface area contributed by atoms with E-state index in [0.29, 0.717) is 11.6 Å². The lowest BCUT2D eigenvalue weighted by Crippen LogP contribution is -2.48. The highest BCUT2D eigenvalue weighted by atomic mass is 35.5. The molecule has 0 aromatic heterocycles. The minimum atomic E-state index is -0.199. The molecule has 1 saturated heterocycles. The number of halogens is 2. The van der Waals surface area contributed by atoms with Crippen LogP contribution in [0.3, 0.4) is 0 Å². The summed E-state index contributed by atoms with van der Waals surface area (Å²) in [4.78, 5) is 16.5. The predicted molar refractivity (Wildman–Crippen MR) is 98.2 cm³/mol. The van der Waals surface area contributed by atoms with E-state index in [1.807, 2.05) is 6.07 Å². The molecule has 3 rings (SSSR count). The third-order valence-corrected chi connectivity index (χ3v) is 4.51. The Bertz CT molecular complexity index is 715. The first-order valence-electron chi connectivity index (χ1n) is 8.33. The molecule has 0 atom stereocenters. The number of nitrogens with zero attached hydrogens (tertiary/aromatic N) is 2. The highest BCUT2D eigenvalue weighted by Crippen LogP contribution is 2.14. The molecule has 1 aliphatic rings. The SMILES string of the molecule is O=C(CN1CCN(Cc2cccc(F)c2)CC1)Nc1ccc(Cl)cc1. The maximum Gasteiger partial charge on any atom is 0.238 e. The molecule has 0 saturated carbocycles. The van der Waals surface area contributed by atoms with Crippen molar-refractivity contribution in [2.45, 2.75) is 6.54 Å². The van der Waals surface area contributed by atoms with Gasteiger partial charge in [0.05, 0.1) is 6.54 Å². The van der Waals surface area contributed by atoms with Gasteiger partial charge in [-0.25, -0.2) is 4.39 Å². The minimum absolute atomic E-state index is 0.0269. The van der Waals surface area contributed by atoms with Crippen molar-refractivity contribution in [3.8, 4) is 0 Å². The Hall–Kier alpha value is -1.95. The van der Waals surface area contributed by atoms with Crippen LogP contribution in [0, 0.1) is 5.82 Å². The van der Waals surface area contributed by atoms with E-state index in [2.05, 4.69) is 15.1 Å². The third-order valence-electron chi connectivity index (χ3n) is 4.26. The van der Waals surface area contributed by atoms with Crippen molar-refractivity contribution in [3.05, 3.63) is 64.9 Å². The molecule has 4 nitrogen and oxygen atoms in total. The van der Waals surface area contributed by atoms with Gasteiger partial charge >= 0.3 is 0 Å². The molecule has 2 aromatic carbocycles. The number of benzene rings is 2. The van der Waals surface area contributed by atoms with E-state index >= 15 is 0 Å². The average Bonchev–Trinajstić information content (AvgIpc) is 2.59. The fraction of sp³-hybridized carbons (Fsp3) is 0.316. The number of rotatable bonds is 5. The second-order valence-corrected chi connectivity index (χ2v) is 6.67. The lowest BCUT2D eigenvalue weighted by atomic mass is 10.2. The minimum Gasteiger partial charge on any atom is -0.325 e. The number of piperazine rings is 1. The molecule has 0 aliphatic carbocycles. The van der Waals surface area contributed by atoms with Gasteiger partial charge in [-0.15, -0.1) is 0 Å². The summed E-state index contributed by atoms with van der Waals surface area (Å²) in [5.74, 6) is -0.226. The van der Waals surface area contributed by atoms with Crippen molar-refractivity contribution < 1.29 is 9.18 Å². The average molecular weight is 362 g/mol. The molecule has 1 amide bonds. The van der Waals surface area contributed by atoms with Gasteiger partial charge in [0.15, 0.2) is 0 Å². The highest BCUT2D eigenvalue weighted by molar-refractivity contribution is 6.30. The fourth-order valence-corrected chi connectivity index (χ4v) is 3.06. The Balaban J connectivity index is 1.42. The molecule has 1 aliphatic heterocycles. The zero-order valence-corrected chi connectivity index (χ0v) is 14.7. The van der Waals surface area contributed by atoms with Crippen LogP contribution < -0.4 is 5.32 Å². The van der Waals surface area contributed by atoms with Crippen molar-refractivity contribution >= 4 is 23.2 Å². The van der Waals surface area contributed by atoms with Crippen molar-refractivity contribution in [3.63, 3.8) is 0 Å². The molecular formula is C19H21ClFN3O. The topological polar surface area (TPSA) is 35.6 Å². The van der Waals surface area contributed by atoms with E-state index in [1.54, 1.807) is 36.4 Å². The standard InChI is InChI=1S/C19H21ClFN3O/c20-16-4-6-18(7-5-16)22-19(25)14-24-10-8-23(9-11-24)13-15-2-1-3-17(21)12-15/h1-7,12H,8-11,13-14H2,(H,22,25). The zero-order chi connectivity index (χ0) is 17.6. The number of carbonyl (C=O) groups is 1. The second kappa shape index (κ2) is 8.43. The fourth-order valence-electron chi connectivity index (χ4n) is 2.94. The summed E-state index contributed by atoms with van der Waals surface area (Å²) in [6.45, 7) is 4.49. The number of hydrogen-bond donors (Lipinski definition) is 1. The van der Waals surface area contributed by atoms with Crippen molar-refractivity contribution in [2.24, 2.45) is 0 Å². The largest absolute Gasteiger partial charge is 0.325 e. The predicted octanol–water partition coefficient (Wildman–Crippen LogP) is 3.24. The Kier molecular flexibility index (Phi) is 6.02. The Morgan fingerprint density at radius 1 is 1.04 bits per heavy atom. The maximum atomic E-state index is 13.2. The molecule has 6 heteroatoms. The number of anilines is 1.